The number of ether oxygens (including phenoxy) is 1. The predicted molar refractivity (Wildman–Crippen MR) is 74.5 cm³/mol. The van der Waals surface area contributed by atoms with Gasteiger partial charge >= 0.3 is 0 Å². The molecule has 0 aliphatic carbocycles. The molecular formula is C15H18N2O3. The van der Waals surface area contributed by atoms with Crippen molar-refractivity contribution in [1.82, 2.24) is 10.5 Å². The number of hydrogen-bond donors (Lipinski definition) is 1. The summed E-state index contributed by atoms with van der Waals surface area (Å²) in [5.41, 5.74) is 0.850. The van der Waals surface area contributed by atoms with Crippen LogP contribution in [0, 0.1) is 6.92 Å². The first-order valence-electron chi connectivity index (χ1n) is 6.61. The summed E-state index contributed by atoms with van der Waals surface area (Å²) in [5, 5.41) is 6.69. The van der Waals surface area contributed by atoms with Crippen LogP contribution in [0.25, 0.3) is 0 Å². The molecule has 0 saturated carbocycles. The average molecular weight is 274 g/mol. The molecule has 0 atom stereocenters. The maximum atomic E-state index is 11.6. The molecule has 106 valence electrons. The van der Waals surface area contributed by atoms with E-state index in [-0.39, 0.29) is 5.91 Å². The van der Waals surface area contributed by atoms with Gasteiger partial charge in [0.15, 0.2) is 0 Å². The minimum atomic E-state index is -0.0267. The summed E-state index contributed by atoms with van der Waals surface area (Å²) in [4.78, 5) is 11.6. The number of para-hydroxylation sites is 1. The van der Waals surface area contributed by atoms with Crippen LogP contribution >= 0.6 is 0 Å². The topological polar surface area (TPSA) is 64.4 Å². The number of benzene rings is 1. The van der Waals surface area contributed by atoms with Crippen molar-refractivity contribution in [2.24, 2.45) is 0 Å². The maximum absolute atomic E-state index is 11.6. The van der Waals surface area contributed by atoms with E-state index in [1.807, 2.05) is 43.3 Å². The Kier molecular flexibility index (Phi) is 5.17. The maximum Gasteiger partial charge on any atom is 0.223 e. The van der Waals surface area contributed by atoms with Gasteiger partial charge in [-0.05, 0) is 19.1 Å². The van der Waals surface area contributed by atoms with E-state index < -0.39 is 0 Å². The fourth-order valence-corrected chi connectivity index (χ4v) is 1.73. The average Bonchev–Trinajstić information content (AvgIpc) is 2.86. The van der Waals surface area contributed by atoms with Crippen molar-refractivity contribution in [2.45, 2.75) is 19.8 Å². The molecule has 0 radical (unpaired) electrons. The Hall–Kier alpha value is -2.30. The van der Waals surface area contributed by atoms with Crippen molar-refractivity contribution >= 4 is 5.91 Å². The van der Waals surface area contributed by atoms with Gasteiger partial charge in [-0.25, -0.2) is 0 Å². The number of nitrogens with one attached hydrogen (secondary N) is 1. The third kappa shape index (κ3) is 4.76. The lowest BCUT2D eigenvalue weighted by atomic mass is 10.3. The van der Waals surface area contributed by atoms with Crippen LogP contribution in [-0.4, -0.2) is 24.2 Å². The van der Waals surface area contributed by atoms with Gasteiger partial charge in [-0.1, -0.05) is 23.4 Å². The Morgan fingerprint density at radius 1 is 1.35 bits per heavy atom. The van der Waals surface area contributed by atoms with Crippen molar-refractivity contribution < 1.29 is 14.1 Å². The minimum Gasteiger partial charge on any atom is -0.493 e. The van der Waals surface area contributed by atoms with E-state index in [0.29, 0.717) is 26.0 Å². The van der Waals surface area contributed by atoms with Crippen LogP contribution in [0.2, 0.25) is 0 Å². The van der Waals surface area contributed by atoms with Gasteiger partial charge in [-0.3, -0.25) is 4.79 Å². The molecule has 0 fully saturated rings. The van der Waals surface area contributed by atoms with Crippen LogP contribution in [0.3, 0.4) is 0 Å². The molecule has 0 saturated heterocycles. The zero-order valence-electron chi connectivity index (χ0n) is 11.5. The van der Waals surface area contributed by atoms with Gasteiger partial charge in [0.1, 0.15) is 11.5 Å². The second-order valence-corrected chi connectivity index (χ2v) is 4.44. The van der Waals surface area contributed by atoms with E-state index in [1.54, 1.807) is 0 Å². The highest BCUT2D eigenvalue weighted by Crippen LogP contribution is 2.08. The normalized spacial score (nSPS) is 10.2. The van der Waals surface area contributed by atoms with E-state index >= 15 is 0 Å². The number of nitrogens with zero attached hydrogens (tertiary/aromatic N) is 1. The fourth-order valence-electron chi connectivity index (χ4n) is 1.73. The van der Waals surface area contributed by atoms with Gasteiger partial charge in [0.05, 0.1) is 18.7 Å². The highest BCUT2D eigenvalue weighted by molar-refractivity contribution is 5.75. The van der Waals surface area contributed by atoms with Crippen molar-refractivity contribution in [2.75, 3.05) is 13.2 Å². The van der Waals surface area contributed by atoms with E-state index in [1.165, 1.54) is 0 Å². The molecular weight excluding hydrogens is 256 g/mol. The van der Waals surface area contributed by atoms with Gasteiger partial charge in [0, 0.05) is 19.0 Å². The van der Waals surface area contributed by atoms with Gasteiger partial charge in [0.25, 0.3) is 0 Å². The molecule has 1 heterocycles. The third-order valence-electron chi connectivity index (χ3n) is 2.72. The van der Waals surface area contributed by atoms with E-state index in [4.69, 9.17) is 9.26 Å². The predicted octanol–water partition coefficient (Wildman–Crippen LogP) is 2.11. The number of hydrogen-bond acceptors (Lipinski definition) is 4. The second-order valence-electron chi connectivity index (χ2n) is 4.44. The van der Waals surface area contributed by atoms with Crippen molar-refractivity contribution in [3.8, 4) is 5.75 Å². The first-order valence-corrected chi connectivity index (χ1v) is 6.61. The molecule has 0 aliphatic rings. The summed E-state index contributed by atoms with van der Waals surface area (Å²) >= 11 is 0. The molecule has 5 heteroatoms. The zero-order valence-corrected chi connectivity index (χ0v) is 11.5. The lowest BCUT2D eigenvalue weighted by Crippen LogP contribution is -2.27. The molecule has 2 rings (SSSR count). The highest BCUT2D eigenvalue weighted by Gasteiger charge is 2.03. The summed E-state index contributed by atoms with van der Waals surface area (Å²) in [6.45, 7) is 2.77. The molecule has 1 N–H and O–H groups in total. The molecule has 1 amide bonds. The van der Waals surface area contributed by atoms with Gasteiger partial charge in [-0.15, -0.1) is 0 Å². The number of carbonyl (C=O) groups excluding carboxylic acids is 1. The Balaban J connectivity index is 1.59. The Bertz CT molecular complexity index is 537. The number of rotatable bonds is 7. The first-order chi connectivity index (χ1) is 9.74. The van der Waals surface area contributed by atoms with Crippen LogP contribution in [0.15, 0.2) is 40.9 Å². The van der Waals surface area contributed by atoms with E-state index in [9.17, 15) is 4.79 Å². The summed E-state index contributed by atoms with van der Waals surface area (Å²) in [7, 11) is 0. The Morgan fingerprint density at radius 2 is 2.15 bits per heavy atom. The van der Waals surface area contributed by atoms with Gasteiger partial charge in [0.2, 0.25) is 5.91 Å². The summed E-state index contributed by atoms with van der Waals surface area (Å²) in [5.74, 6) is 1.53. The Morgan fingerprint density at radius 3 is 2.85 bits per heavy atom. The molecule has 2 aromatic rings. The number of carbonyl (C=O) groups is 1. The fraction of sp³-hybridized carbons (Fsp3) is 0.333. The van der Waals surface area contributed by atoms with E-state index in [2.05, 4.69) is 10.5 Å². The monoisotopic (exact) mass is 274 g/mol. The smallest absolute Gasteiger partial charge is 0.223 e. The lowest BCUT2D eigenvalue weighted by Gasteiger charge is -2.06. The largest absolute Gasteiger partial charge is 0.493 e. The number of aryl methyl sites for hydroxylation is 1. The molecule has 0 aliphatic heterocycles. The minimum absolute atomic E-state index is 0.0267. The third-order valence-corrected chi connectivity index (χ3v) is 2.72. The number of amides is 1. The highest BCUT2D eigenvalue weighted by atomic mass is 16.5. The molecule has 0 spiro atoms. The van der Waals surface area contributed by atoms with Gasteiger partial charge in [-0.2, -0.15) is 0 Å². The van der Waals surface area contributed by atoms with Crippen molar-refractivity contribution in [3.05, 3.63) is 47.9 Å². The summed E-state index contributed by atoms with van der Waals surface area (Å²) < 4.78 is 10.4. The standard InChI is InChI=1S/C15H18N2O3/c1-12-11-13(17-20-12)7-9-16-15(18)8-10-19-14-5-3-2-4-6-14/h2-6,11H,7-10H2,1H3,(H,16,18). The van der Waals surface area contributed by atoms with Gasteiger partial charge < -0.3 is 14.6 Å². The summed E-state index contributed by atoms with van der Waals surface area (Å²) in [6, 6.07) is 11.3. The van der Waals surface area contributed by atoms with Crippen LogP contribution in [0.5, 0.6) is 5.75 Å². The van der Waals surface area contributed by atoms with Crippen molar-refractivity contribution in [1.29, 1.82) is 0 Å². The van der Waals surface area contributed by atoms with Crippen LogP contribution < -0.4 is 10.1 Å². The summed E-state index contributed by atoms with van der Waals surface area (Å²) in [6.07, 6.45) is 1.01. The molecule has 1 aromatic heterocycles. The second kappa shape index (κ2) is 7.33. The van der Waals surface area contributed by atoms with E-state index in [0.717, 1.165) is 17.2 Å². The molecule has 1 aromatic carbocycles. The molecule has 0 unspecified atom stereocenters. The molecule has 5 nitrogen and oxygen atoms in total. The molecule has 20 heavy (non-hydrogen) atoms. The SMILES string of the molecule is Cc1cc(CCNC(=O)CCOc2ccccc2)no1. The van der Waals surface area contributed by atoms with Crippen molar-refractivity contribution in [3.63, 3.8) is 0 Å². The number of aromatic nitrogens is 1. The quantitative estimate of drug-likeness (QED) is 0.840. The van der Waals surface area contributed by atoms with Crippen LogP contribution in [0.4, 0.5) is 0 Å². The molecule has 0 bridgehead atoms. The zero-order chi connectivity index (χ0) is 14.2. The van der Waals surface area contributed by atoms with Crippen LogP contribution in [0.1, 0.15) is 17.9 Å². The van der Waals surface area contributed by atoms with Crippen LogP contribution in [-0.2, 0) is 11.2 Å². The Labute approximate surface area is 117 Å². The first kappa shape index (κ1) is 14.1. The lowest BCUT2D eigenvalue weighted by molar-refractivity contribution is -0.121.